The van der Waals surface area contributed by atoms with E-state index in [2.05, 4.69) is 5.32 Å². The van der Waals surface area contributed by atoms with Crippen LogP contribution in [0.3, 0.4) is 0 Å². The fourth-order valence-corrected chi connectivity index (χ4v) is 2.62. The van der Waals surface area contributed by atoms with E-state index in [0.717, 1.165) is 0 Å². The highest BCUT2D eigenvalue weighted by atomic mass is 32.1. The molecule has 0 bridgehead atoms. The summed E-state index contributed by atoms with van der Waals surface area (Å²) in [5, 5.41) is 15.4. The molecule has 1 amide bonds. The molecule has 0 aliphatic carbocycles. The zero-order valence-corrected chi connectivity index (χ0v) is 12.0. The van der Waals surface area contributed by atoms with Crippen LogP contribution in [0, 0.1) is 0 Å². The van der Waals surface area contributed by atoms with Crippen LogP contribution in [-0.4, -0.2) is 30.8 Å². The van der Waals surface area contributed by atoms with Gasteiger partial charge in [-0.1, -0.05) is 6.07 Å². The van der Waals surface area contributed by atoms with E-state index in [-0.39, 0.29) is 19.1 Å². The number of furan rings is 1. The molecule has 0 aliphatic heterocycles. The summed E-state index contributed by atoms with van der Waals surface area (Å²) in [6.07, 6.45) is 1.50. The molecule has 2 heterocycles. The first kappa shape index (κ1) is 14.8. The van der Waals surface area contributed by atoms with Gasteiger partial charge in [-0.25, -0.2) is 0 Å². The highest BCUT2D eigenvalue weighted by molar-refractivity contribution is 7.10. The van der Waals surface area contributed by atoms with E-state index >= 15 is 0 Å². The smallest absolute Gasteiger partial charge is 0.246 e. The Morgan fingerprint density at radius 3 is 2.95 bits per heavy atom. The number of hydrogen-bond acceptors (Lipinski definition) is 5. The second kappa shape index (κ2) is 6.69. The molecule has 0 saturated carbocycles. The molecule has 2 N–H and O–H groups in total. The molecule has 0 aromatic carbocycles. The standard InChI is InChI=1S/C14H17NO4S/c1-2-18-9-13(16)15-10-14(17,11-5-3-7-19-11)12-6-4-8-20-12/h3-8,17H,2,9-10H2,1H3,(H,15,16)/t14-/m1/s1. The lowest BCUT2D eigenvalue weighted by atomic mass is 9.98. The van der Waals surface area contributed by atoms with E-state index in [0.29, 0.717) is 17.2 Å². The van der Waals surface area contributed by atoms with Gasteiger partial charge < -0.3 is 19.6 Å². The third-order valence-electron chi connectivity index (χ3n) is 2.84. The second-order valence-electron chi connectivity index (χ2n) is 4.23. The number of amides is 1. The Bertz CT molecular complexity index is 487. The zero-order chi connectivity index (χ0) is 14.4. The molecule has 1 atom stereocenters. The van der Waals surface area contributed by atoms with Crippen LogP contribution in [0.5, 0.6) is 0 Å². The average Bonchev–Trinajstić information content (AvgIpc) is 3.14. The predicted molar refractivity (Wildman–Crippen MR) is 75.5 cm³/mol. The molecular weight excluding hydrogens is 278 g/mol. The van der Waals surface area contributed by atoms with Gasteiger partial charge in [-0.15, -0.1) is 11.3 Å². The fraction of sp³-hybridized carbons (Fsp3) is 0.357. The Hall–Kier alpha value is -1.63. The molecule has 0 saturated heterocycles. The minimum atomic E-state index is -1.36. The molecule has 0 fully saturated rings. The van der Waals surface area contributed by atoms with E-state index in [1.807, 2.05) is 24.4 Å². The van der Waals surface area contributed by atoms with Crippen molar-refractivity contribution in [2.24, 2.45) is 0 Å². The van der Waals surface area contributed by atoms with E-state index in [9.17, 15) is 9.90 Å². The summed E-state index contributed by atoms with van der Waals surface area (Å²) in [5.74, 6) is 0.130. The third kappa shape index (κ3) is 3.27. The quantitative estimate of drug-likeness (QED) is 0.816. The number of nitrogens with one attached hydrogen (secondary N) is 1. The van der Waals surface area contributed by atoms with Crippen molar-refractivity contribution in [3.05, 3.63) is 46.5 Å². The second-order valence-corrected chi connectivity index (χ2v) is 5.18. The van der Waals surface area contributed by atoms with Gasteiger partial charge in [0, 0.05) is 11.5 Å². The van der Waals surface area contributed by atoms with Gasteiger partial charge in [-0.2, -0.15) is 0 Å². The van der Waals surface area contributed by atoms with E-state index < -0.39 is 5.60 Å². The van der Waals surface area contributed by atoms with Crippen LogP contribution in [0.2, 0.25) is 0 Å². The summed E-state index contributed by atoms with van der Waals surface area (Å²) in [5.41, 5.74) is -1.36. The summed E-state index contributed by atoms with van der Waals surface area (Å²) in [7, 11) is 0. The number of ether oxygens (including phenoxy) is 1. The average molecular weight is 295 g/mol. The van der Waals surface area contributed by atoms with Gasteiger partial charge in [0.05, 0.1) is 12.8 Å². The van der Waals surface area contributed by atoms with Crippen molar-refractivity contribution < 1.29 is 19.1 Å². The van der Waals surface area contributed by atoms with Crippen molar-refractivity contribution in [1.29, 1.82) is 0 Å². The largest absolute Gasteiger partial charge is 0.466 e. The van der Waals surface area contributed by atoms with Gasteiger partial charge in [0.25, 0.3) is 0 Å². The van der Waals surface area contributed by atoms with Crippen LogP contribution in [0.25, 0.3) is 0 Å². The highest BCUT2D eigenvalue weighted by Gasteiger charge is 2.36. The Morgan fingerprint density at radius 1 is 1.50 bits per heavy atom. The van der Waals surface area contributed by atoms with Gasteiger partial charge in [0.15, 0.2) is 5.60 Å². The van der Waals surface area contributed by atoms with E-state index in [1.165, 1.54) is 17.6 Å². The molecule has 0 aliphatic rings. The fourth-order valence-electron chi connectivity index (χ4n) is 1.80. The molecule has 108 valence electrons. The summed E-state index contributed by atoms with van der Waals surface area (Å²) in [6, 6.07) is 7.04. The van der Waals surface area contributed by atoms with E-state index in [1.54, 1.807) is 12.1 Å². The molecule has 0 unspecified atom stereocenters. The number of carbonyl (C=O) groups is 1. The number of carbonyl (C=O) groups excluding carboxylic acids is 1. The minimum Gasteiger partial charge on any atom is -0.466 e. The van der Waals surface area contributed by atoms with Gasteiger partial charge >= 0.3 is 0 Å². The molecule has 20 heavy (non-hydrogen) atoms. The lowest BCUT2D eigenvalue weighted by Crippen LogP contribution is -2.42. The molecule has 2 aromatic rings. The predicted octanol–water partition coefficient (Wildman–Crippen LogP) is 1.73. The maximum Gasteiger partial charge on any atom is 0.246 e. The number of hydrogen-bond donors (Lipinski definition) is 2. The normalized spacial score (nSPS) is 13.9. The first-order valence-electron chi connectivity index (χ1n) is 6.31. The minimum absolute atomic E-state index is 0.0187. The van der Waals surface area contributed by atoms with Crippen molar-refractivity contribution in [3.63, 3.8) is 0 Å². The molecule has 6 heteroatoms. The molecule has 5 nitrogen and oxygen atoms in total. The Morgan fingerprint density at radius 2 is 2.35 bits per heavy atom. The van der Waals surface area contributed by atoms with Gasteiger partial charge in [0.2, 0.25) is 5.91 Å². The Labute approximate surface area is 121 Å². The number of thiophene rings is 1. The van der Waals surface area contributed by atoms with Crippen molar-refractivity contribution in [2.45, 2.75) is 12.5 Å². The Kier molecular flexibility index (Phi) is 4.94. The van der Waals surface area contributed by atoms with E-state index in [4.69, 9.17) is 9.15 Å². The summed E-state index contributed by atoms with van der Waals surface area (Å²) in [4.78, 5) is 12.3. The zero-order valence-electron chi connectivity index (χ0n) is 11.2. The van der Waals surface area contributed by atoms with Crippen molar-refractivity contribution in [3.8, 4) is 0 Å². The lowest BCUT2D eigenvalue weighted by molar-refractivity contribution is -0.126. The van der Waals surface area contributed by atoms with Gasteiger partial charge in [-0.05, 0) is 30.5 Å². The van der Waals surface area contributed by atoms with Gasteiger partial charge in [-0.3, -0.25) is 4.79 Å². The molecule has 2 aromatic heterocycles. The SMILES string of the molecule is CCOCC(=O)NC[C@@](O)(c1ccco1)c1cccs1. The first-order chi connectivity index (χ1) is 9.66. The topological polar surface area (TPSA) is 71.7 Å². The first-order valence-corrected chi connectivity index (χ1v) is 7.19. The summed E-state index contributed by atoms with van der Waals surface area (Å²) < 4.78 is 10.3. The molecule has 0 radical (unpaired) electrons. The number of aliphatic hydroxyl groups is 1. The maximum absolute atomic E-state index is 11.6. The lowest BCUT2D eigenvalue weighted by Gasteiger charge is -2.25. The van der Waals surface area contributed by atoms with Crippen LogP contribution < -0.4 is 5.32 Å². The molecule has 0 spiro atoms. The van der Waals surface area contributed by atoms with Crippen LogP contribution in [0.15, 0.2) is 40.3 Å². The van der Waals surface area contributed by atoms with Gasteiger partial charge in [0.1, 0.15) is 12.4 Å². The van der Waals surface area contributed by atoms with Crippen LogP contribution in [0.4, 0.5) is 0 Å². The number of rotatable bonds is 7. The monoisotopic (exact) mass is 295 g/mol. The van der Waals surface area contributed by atoms with Crippen molar-refractivity contribution in [1.82, 2.24) is 5.32 Å². The van der Waals surface area contributed by atoms with Crippen LogP contribution in [-0.2, 0) is 15.1 Å². The van der Waals surface area contributed by atoms with Crippen LogP contribution >= 0.6 is 11.3 Å². The molecule has 2 rings (SSSR count). The highest BCUT2D eigenvalue weighted by Crippen LogP contribution is 2.32. The summed E-state index contributed by atoms with van der Waals surface area (Å²) in [6.45, 7) is 2.31. The third-order valence-corrected chi connectivity index (χ3v) is 3.86. The van der Waals surface area contributed by atoms with Crippen LogP contribution in [0.1, 0.15) is 17.6 Å². The molecular formula is C14H17NO4S. The maximum atomic E-state index is 11.6. The van der Waals surface area contributed by atoms with Crippen molar-refractivity contribution >= 4 is 17.2 Å². The van der Waals surface area contributed by atoms with Crippen molar-refractivity contribution in [2.75, 3.05) is 19.8 Å². The summed E-state index contributed by atoms with van der Waals surface area (Å²) >= 11 is 1.41. The Balaban J connectivity index is 2.11.